The first-order valence-corrected chi connectivity index (χ1v) is 8.52. The Labute approximate surface area is 144 Å². The highest BCUT2D eigenvalue weighted by Gasteiger charge is 2.32. The number of methoxy groups -OCH3 is 1. The van der Waals surface area contributed by atoms with Gasteiger partial charge < -0.3 is 15.0 Å². The van der Waals surface area contributed by atoms with Crippen molar-refractivity contribution in [2.45, 2.75) is 32.4 Å². The van der Waals surface area contributed by atoms with E-state index in [4.69, 9.17) is 17.0 Å². The minimum atomic E-state index is -0.162. The summed E-state index contributed by atoms with van der Waals surface area (Å²) in [6, 6.07) is 5.06. The summed E-state index contributed by atoms with van der Waals surface area (Å²) in [4.78, 5) is 27.9. The first kappa shape index (κ1) is 16.9. The van der Waals surface area contributed by atoms with Gasteiger partial charge in [-0.15, -0.1) is 0 Å². The van der Waals surface area contributed by atoms with E-state index in [0.717, 1.165) is 12.8 Å². The Kier molecular flexibility index (Phi) is 4.82. The highest BCUT2D eigenvalue weighted by Crippen LogP contribution is 2.32. The van der Waals surface area contributed by atoms with Gasteiger partial charge in [-0.25, -0.2) is 0 Å². The zero-order valence-corrected chi connectivity index (χ0v) is 14.6. The maximum Gasteiger partial charge on any atom is 0.262 e. The van der Waals surface area contributed by atoms with Gasteiger partial charge in [0.25, 0.3) is 11.5 Å². The van der Waals surface area contributed by atoms with Crippen LogP contribution < -0.4 is 10.9 Å². The van der Waals surface area contributed by atoms with E-state index in [0.29, 0.717) is 40.3 Å². The number of carbonyl (C=O) groups excluding carboxylic acids is 1. The maximum atomic E-state index is 12.5. The summed E-state index contributed by atoms with van der Waals surface area (Å²) in [5.41, 5.74) is 0.944. The zero-order valence-electron chi connectivity index (χ0n) is 13.8. The van der Waals surface area contributed by atoms with E-state index in [2.05, 4.69) is 10.3 Å². The van der Waals surface area contributed by atoms with Crippen LogP contribution in [-0.2, 0) is 11.3 Å². The summed E-state index contributed by atoms with van der Waals surface area (Å²) < 4.78 is 7.05. The van der Waals surface area contributed by atoms with Gasteiger partial charge in [0.1, 0.15) is 0 Å². The van der Waals surface area contributed by atoms with Gasteiger partial charge in [0.2, 0.25) is 0 Å². The van der Waals surface area contributed by atoms with Crippen LogP contribution in [0.2, 0.25) is 0 Å². The molecule has 1 atom stereocenters. The van der Waals surface area contributed by atoms with Crippen LogP contribution in [0.3, 0.4) is 0 Å². The lowest BCUT2D eigenvalue weighted by Crippen LogP contribution is -2.39. The number of amides is 1. The number of nitrogens with zero attached hydrogens (tertiary/aromatic N) is 1. The van der Waals surface area contributed by atoms with Crippen LogP contribution >= 0.6 is 12.2 Å². The van der Waals surface area contributed by atoms with Gasteiger partial charge in [-0.1, -0.05) is 0 Å². The van der Waals surface area contributed by atoms with Crippen molar-refractivity contribution < 1.29 is 9.53 Å². The fourth-order valence-corrected chi connectivity index (χ4v) is 3.23. The topological polar surface area (TPSA) is 76.1 Å². The molecule has 1 fully saturated rings. The van der Waals surface area contributed by atoms with E-state index in [1.54, 1.807) is 25.3 Å². The highest BCUT2D eigenvalue weighted by molar-refractivity contribution is 7.71. The summed E-state index contributed by atoms with van der Waals surface area (Å²) in [6.45, 7) is 2.88. The van der Waals surface area contributed by atoms with Gasteiger partial charge in [0, 0.05) is 19.2 Å². The van der Waals surface area contributed by atoms with Crippen molar-refractivity contribution in [3.05, 3.63) is 38.9 Å². The number of benzene rings is 1. The molecular formula is C17H21N3O3S. The van der Waals surface area contributed by atoms with Crippen LogP contribution in [0.4, 0.5) is 0 Å². The van der Waals surface area contributed by atoms with Crippen LogP contribution in [0.25, 0.3) is 10.9 Å². The molecule has 0 spiro atoms. The number of H-pyrrole nitrogens is 1. The predicted octanol–water partition coefficient (Wildman–Crippen LogP) is 2.23. The lowest BCUT2D eigenvalue weighted by Gasteiger charge is -2.17. The lowest BCUT2D eigenvalue weighted by atomic mass is 10.1. The number of rotatable bonds is 6. The van der Waals surface area contributed by atoms with Crippen LogP contribution in [0.1, 0.15) is 30.1 Å². The molecule has 6 nitrogen and oxygen atoms in total. The summed E-state index contributed by atoms with van der Waals surface area (Å²) in [7, 11) is 1.64. The summed E-state index contributed by atoms with van der Waals surface area (Å²) >= 11 is 5.21. The number of nitrogens with one attached hydrogen (secondary N) is 2. The van der Waals surface area contributed by atoms with Gasteiger partial charge in [0.05, 0.1) is 23.6 Å². The third-order valence-electron chi connectivity index (χ3n) is 4.41. The standard InChI is InChI=1S/C17H21N3O3S/c1-3-20-16(22)12-7-6-11(8-13(12)19-17(20)24)15(21)18-14(9-23-2)10-4-5-10/h6-8,10,14H,3-5,9H2,1-2H3,(H,18,21)(H,19,24)/t14-/m1/s1. The minimum Gasteiger partial charge on any atom is -0.383 e. The molecule has 1 aromatic carbocycles. The Morgan fingerprint density at radius 1 is 1.50 bits per heavy atom. The van der Waals surface area contributed by atoms with E-state index in [9.17, 15) is 9.59 Å². The summed E-state index contributed by atoms with van der Waals surface area (Å²) in [6.07, 6.45) is 2.24. The minimum absolute atomic E-state index is 0.0322. The molecule has 1 saturated carbocycles. The van der Waals surface area contributed by atoms with Crippen molar-refractivity contribution in [1.82, 2.24) is 14.9 Å². The lowest BCUT2D eigenvalue weighted by molar-refractivity contribution is 0.0884. The van der Waals surface area contributed by atoms with Crippen LogP contribution in [0, 0.1) is 10.7 Å². The largest absolute Gasteiger partial charge is 0.383 e. The fraction of sp³-hybridized carbons (Fsp3) is 0.471. The van der Waals surface area contributed by atoms with Crippen molar-refractivity contribution >= 4 is 29.0 Å². The van der Waals surface area contributed by atoms with Gasteiger partial charge in [-0.3, -0.25) is 14.2 Å². The molecule has 2 N–H and O–H groups in total. The van der Waals surface area contributed by atoms with E-state index in [-0.39, 0.29) is 17.5 Å². The van der Waals surface area contributed by atoms with Crippen molar-refractivity contribution in [1.29, 1.82) is 0 Å². The van der Waals surface area contributed by atoms with E-state index >= 15 is 0 Å². The summed E-state index contributed by atoms with van der Waals surface area (Å²) in [5, 5.41) is 3.55. The van der Waals surface area contributed by atoms with Crippen LogP contribution in [0.5, 0.6) is 0 Å². The van der Waals surface area contributed by atoms with Crippen molar-refractivity contribution in [3.8, 4) is 0 Å². The molecule has 3 rings (SSSR count). The Morgan fingerprint density at radius 2 is 2.25 bits per heavy atom. The smallest absolute Gasteiger partial charge is 0.262 e. The van der Waals surface area contributed by atoms with E-state index < -0.39 is 0 Å². The number of hydrogen-bond acceptors (Lipinski definition) is 4. The number of carbonyl (C=O) groups is 1. The molecule has 1 aliphatic rings. The third-order valence-corrected chi connectivity index (χ3v) is 4.74. The molecule has 1 aromatic heterocycles. The molecule has 24 heavy (non-hydrogen) atoms. The molecule has 128 valence electrons. The second-order valence-corrected chi connectivity index (χ2v) is 6.50. The molecule has 0 saturated heterocycles. The molecule has 0 radical (unpaired) electrons. The first-order chi connectivity index (χ1) is 11.5. The molecule has 1 heterocycles. The Morgan fingerprint density at radius 3 is 2.88 bits per heavy atom. The number of ether oxygens (including phenoxy) is 1. The molecular weight excluding hydrogens is 326 g/mol. The van der Waals surface area contributed by atoms with Gasteiger partial charge in [-0.2, -0.15) is 0 Å². The van der Waals surface area contributed by atoms with E-state index in [1.807, 2.05) is 6.92 Å². The first-order valence-electron chi connectivity index (χ1n) is 8.11. The fourth-order valence-electron chi connectivity index (χ4n) is 2.91. The second-order valence-electron chi connectivity index (χ2n) is 6.11. The van der Waals surface area contributed by atoms with Gasteiger partial charge >= 0.3 is 0 Å². The third kappa shape index (κ3) is 3.27. The van der Waals surface area contributed by atoms with Gasteiger partial charge in [0.15, 0.2) is 4.77 Å². The van der Waals surface area contributed by atoms with Crippen molar-refractivity contribution in [2.75, 3.05) is 13.7 Å². The second kappa shape index (κ2) is 6.86. The number of hydrogen-bond donors (Lipinski definition) is 2. The van der Waals surface area contributed by atoms with Crippen molar-refractivity contribution in [2.24, 2.45) is 5.92 Å². The Balaban J connectivity index is 1.91. The average Bonchev–Trinajstić information content (AvgIpc) is 3.39. The molecule has 1 amide bonds. The summed E-state index contributed by atoms with van der Waals surface area (Å²) in [5.74, 6) is 0.335. The molecule has 0 bridgehead atoms. The molecule has 0 aliphatic heterocycles. The highest BCUT2D eigenvalue weighted by atomic mass is 32.1. The zero-order chi connectivity index (χ0) is 17.3. The molecule has 1 aliphatic carbocycles. The monoisotopic (exact) mass is 347 g/mol. The average molecular weight is 347 g/mol. The van der Waals surface area contributed by atoms with E-state index in [1.165, 1.54) is 4.57 Å². The van der Waals surface area contributed by atoms with Gasteiger partial charge in [-0.05, 0) is 56.1 Å². The Bertz CT molecular complexity index is 883. The molecule has 7 heteroatoms. The SMILES string of the molecule is CCn1c(=S)[nH]c2cc(C(=O)N[C@H](COC)C3CC3)ccc2c1=O. The Hall–Kier alpha value is -1.99. The normalized spacial score (nSPS) is 15.4. The number of fused-ring (bicyclic) bond motifs is 1. The maximum absolute atomic E-state index is 12.5. The predicted molar refractivity (Wildman–Crippen MR) is 94.9 cm³/mol. The van der Waals surface area contributed by atoms with Crippen molar-refractivity contribution in [3.63, 3.8) is 0 Å². The van der Waals surface area contributed by atoms with Crippen LogP contribution in [0.15, 0.2) is 23.0 Å². The molecule has 2 aromatic rings. The molecule has 0 unspecified atom stereocenters. The quantitative estimate of drug-likeness (QED) is 0.786. The van der Waals surface area contributed by atoms with Crippen LogP contribution in [-0.4, -0.2) is 35.2 Å². The number of aromatic amines is 1. The number of aromatic nitrogens is 2.